The van der Waals surface area contributed by atoms with Crippen molar-refractivity contribution in [2.24, 2.45) is 0 Å². The Labute approximate surface area is 127 Å². The summed E-state index contributed by atoms with van der Waals surface area (Å²) in [5, 5.41) is 1.69. The lowest BCUT2D eigenvalue weighted by Gasteiger charge is -2.24. The number of benzene rings is 1. The van der Waals surface area contributed by atoms with Gasteiger partial charge in [0.1, 0.15) is 5.75 Å². The molecule has 0 bridgehead atoms. The maximum absolute atomic E-state index is 11.7. The molecule has 0 aromatic heterocycles. The highest BCUT2D eigenvalue weighted by Gasteiger charge is 2.16. The summed E-state index contributed by atoms with van der Waals surface area (Å²) >= 11 is 0. The van der Waals surface area contributed by atoms with Gasteiger partial charge in [0.15, 0.2) is 0 Å². The molecule has 116 valence electrons. The van der Waals surface area contributed by atoms with E-state index in [1.165, 1.54) is 31.2 Å². The van der Waals surface area contributed by atoms with Crippen LogP contribution in [0.15, 0.2) is 24.3 Å². The van der Waals surface area contributed by atoms with Crippen LogP contribution in [0.2, 0.25) is 0 Å². The normalized spacial score (nSPS) is 15.7. The summed E-state index contributed by atoms with van der Waals surface area (Å²) in [5.41, 5.74) is 1.28. The molecular weight excluding hydrogens is 266 g/mol. The van der Waals surface area contributed by atoms with E-state index in [0.29, 0.717) is 5.75 Å². The van der Waals surface area contributed by atoms with Crippen molar-refractivity contribution >= 4 is 6.16 Å². The van der Waals surface area contributed by atoms with Crippen LogP contribution in [0.3, 0.4) is 0 Å². The van der Waals surface area contributed by atoms with E-state index in [-0.39, 0.29) is 0 Å². The number of aryl methyl sites for hydroxylation is 1. The van der Waals surface area contributed by atoms with Crippen LogP contribution in [-0.4, -0.2) is 24.3 Å². The number of piperidine rings is 1. The first-order valence-corrected chi connectivity index (χ1v) is 8.01. The van der Waals surface area contributed by atoms with Gasteiger partial charge < -0.3 is 9.57 Å². The van der Waals surface area contributed by atoms with Crippen molar-refractivity contribution in [1.82, 2.24) is 5.06 Å². The van der Waals surface area contributed by atoms with E-state index < -0.39 is 6.16 Å². The summed E-state index contributed by atoms with van der Waals surface area (Å²) in [5.74, 6) is 0.538. The van der Waals surface area contributed by atoms with Crippen LogP contribution in [0, 0.1) is 0 Å². The summed E-state index contributed by atoms with van der Waals surface area (Å²) in [6, 6.07) is 7.69. The summed E-state index contributed by atoms with van der Waals surface area (Å²) in [7, 11) is 0. The first-order valence-electron chi connectivity index (χ1n) is 8.01. The fourth-order valence-corrected chi connectivity index (χ4v) is 2.48. The van der Waals surface area contributed by atoms with Crippen LogP contribution in [0.1, 0.15) is 51.0 Å². The standard InChI is InChI=1S/C17H25NO3/c1-2-3-5-8-15-9-11-16(12-10-15)20-17(19)21-18-13-6-4-7-14-18/h9-12H,2-8,13-14H2,1H3. The van der Waals surface area contributed by atoms with Gasteiger partial charge in [-0.2, -0.15) is 0 Å². The number of hydrogen-bond acceptors (Lipinski definition) is 4. The molecule has 21 heavy (non-hydrogen) atoms. The Hall–Kier alpha value is -1.55. The first-order chi connectivity index (χ1) is 10.3. The van der Waals surface area contributed by atoms with Gasteiger partial charge in [0.2, 0.25) is 0 Å². The van der Waals surface area contributed by atoms with Crippen molar-refractivity contribution < 1.29 is 14.4 Å². The maximum Gasteiger partial charge on any atom is 0.533 e. The molecule has 1 aromatic carbocycles. The molecule has 0 spiro atoms. The number of hydrogen-bond donors (Lipinski definition) is 0. The van der Waals surface area contributed by atoms with Gasteiger partial charge in [-0.05, 0) is 43.4 Å². The molecule has 1 saturated heterocycles. The van der Waals surface area contributed by atoms with Crippen LogP contribution in [0.25, 0.3) is 0 Å². The lowest BCUT2D eigenvalue weighted by molar-refractivity contribution is -0.126. The molecule has 1 aliphatic heterocycles. The monoisotopic (exact) mass is 291 g/mol. The third-order valence-electron chi connectivity index (χ3n) is 3.71. The molecule has 4 nitrogen and oxygen atoms in total. The molecule has 0 aliphatic carbocycles. The van der Waals surface area contributed by atoms with Crippen molar-refractivity contribution in [2.45, 2.75) is 51.9 Å². The van der Waals surface area contributed by atoms with Crippen LogP contribution >= 0.6 is 0 Å². The summed E-state index contributed by atoms with van der Waals surface area (Å²) in [4.78, 5) is 16.9. The van der Waals surface area contributed by atoms with Crippen LogP contribution < -0.4 is 4.74 Å². The van der Waals surface area contributed by atoms with Gasteiger partial charge in [-0.25, -0.2) is 4.79 Å². The number of hydroxylamine groups is 2. The minimum atomic E-state index is -0.643. The van der Waals surface area contributed by atoms with Crippen molar-refractivity contribution in [3.63, 3.8) is 0 Å². The fraction of sp³-hybridized carbons (Fsp3) is 0.588. The highest BCUT2D eigenvalue weighted by Crippen LogP contribution is 2.16. The zero-order chi connectivity index (χ0) is 14.9. The van der Waals surface area contributed by atoms with E-state index in [1.807, 2.05) is 24.3 Å². The quantitative estimate of drug-likeness (QED) is 0.444. The minimum Gasteiger partial charge on any atom is -0.394 e. The third kappa shape index (κ3) is 5.76. The number of rotatable bonds is 6. The van der Waals surface area contributed by atoms with E-state index in [1.54, 1.807) is 5.06 Å². The highest BCUT2D eigenvalue weighted by atomic mass is 16.8. The Bertz CT molecular complexity index is 424. The average molecular weight is 291 g/mol. The number of nitrogens with zero attached hydrogens (tertiary/aromatic N) is 1. The molecule has 1 heterocycles. The lowest BCUT2D eigenvalue weighted by Crippen LogP contribution is -2.33. The van der Waals surface area contributed by atoms with Gasteiger partial charge >= 0.3 is 6.16 Å². The molecule has 1 fully saturated rings. The van der Waals surface area contributed by atoms with Crippen molar-refractivity contribution in [2.75, 3.05) is 13.1 Å². The predicted molar refractivity (Wildman–Crippen MR) is 82.2 cm³/mol. The molecule has 0 atom stereocenters. The summed E-state index contributed by atoms with van der Waals surface area (Å²) in [6.45, 7) is 3.79. The topological polar surface area (TPSA) is 38.8 Å². The highest BCUT2D eigenvalue weighted by molar-refractivity contribution is 5.63. The molecule has 2 rings (SSSR count). The van der Waals surface area contributed by atoms with Crippen LogP contribution in [-0.2, 0) is 11.3 Å². The van der Waals surface area contributed by atoms with E-state index in [2.05, 4.69) is 6.92 Å². The molecule has 0 N–H and O–H groups in total. The average Bonchev–Trinajstić information content (AvgIpc) is 2.50. The summed E-state index contributed by atoms with van der Waals surface area (Å²) < 4.78 is 5.19. The number of ether oxygens (including phenoxy) is 1. The first kappa shape index (κ1) is 15.8. The Morgan fingerprint density at radius 3 is 2.48 bits per heavy atom. The second kappa shape index (κ2) is 8.67. The summed E-state index contributed by atoms with van der Waals surface area (Å²) in [6.07, 6.45) is 7.45. The molecular formula is C17H25NO3. The van der Waals surface area contributed by atoms with Gasteiger partial charge in [-0.15, -0.1) is 5.06 Å². The van der Waals surface area contributed by atoms with Crippen LogP contribution in [0.4, 0.5) is 4.79 Å². The second-order valence-electron chi connectivity index (χ2n) is 5.53. The van der Waals surface area contributed by atoms with Crippen molar-refractivity contribution in [3.8, 4) is 5.75 Å². The van der Waals surface area contributed by atoms with Gasteiger partial charge in [0.05, 0.1) is 0 Å². The Kier molecular flexibility index (Phi) is 6.54. The minimum absolute atomic E-state index is 0.538. The van der Waals surface area contributed by atoms with E-state index >= 15 is 0 Å². The van der Waals surface area contributed by atoms with E-state index in [4.69, 9.17) is 9.57 Å². The molecule has 0 radical (unpaired) electrons. The molecule has 0 unspecified atom stereocenters. The second-order valence-corrected chi connectivity index (χ2v) is 5.53. The zero-order valence-electron chi connectivity index (χ0n) is 12.8. The molecule has 0 saturated carbocycles. The fourth-order valence-electron chi connectivity index (χ4n) is 2.48. The molecule has 0 amide bonds. The van der Waals surface area contributed by atoms with Crippen molar-refractivity contribution in [3.05, 3.63) is 29.8 Å². The third-order valence-corrected chi connectivity index (χ3v) is 3.71. The Morgan fingerprint density at radius 2 is 1.81 bits per heavy atom. The number of carbonyl (C=O) groups is 1. The van der Waals surface area contributed by atoms with Crippen molar-refractivity contribution in [1.29, 1.82) is 0 Å². The molecule has 1 aromatic rings. The molecule has 4 heteroatoms. The lowest BCUT2D eigenvalue weighted by atomic mass is 10.1. The van der Waals surface area contributed by atoms with Gasteiger partial charge in [0.25, 0.3) is 0 Å². The number of unbranched alkanes of at least 4 members (excludes halogenated alkanes) is 2. The largest absolute Gasteiger partial charge is 0.533 e. The van der Waals surface area contributed by atoms with Gasteiger partial charge in [0, 0.05) is 13.1 Å². The van der Waals surface area contributed by atoms with Gasteiger partial charge in [-0.1, -0.05) is 38.3 Å². The maximum atomic E-state index is 11.7. The van der Waals surface area contributed by atoms with Crippen LogP contribution in [0.5, 0.6) is 5.75 Å². The molecule has 1 aliphatic rings. The van der Waals surface area contributed by atoms with E-state index in [9.17, 15) is 4.79 Å². The Balaban J connectivity index is 1.75. The van der Waals surface area contributed by atoms with E-state index in [0.717, 1.165) is 32.4 Å². The Morgan fingerprint density at radius 1 is 1.10 bits per heavy atom. The number of carbonyl (C=O) groups excluding carboxylic acids is 1. The smallest absolute Gasteiger partial charge is 0.394 e. The predicted octanol–water partition coefficient (Wildman–Crippen LogP) is 4.34. The SMILES string of the molecule is CCCCCc1ccc(OC(=O)ON2CCCCC2)cc1. The zero-order valence-corrected chi connectivity index (χ0v) is 12.8. The van der Waals surface area contributed by atoms with Gasteiger partial charge in [-0.3, -0.25) is 0 Å².